The van der Waals surface area contributed by atoms with E-state index in [4.69, 9.17) is 23.2 Å². The van der Waals surface area contributed by atoms with E-state index in [1.54, 1.807) is 19.1 Å². The Hall–Kier alpha value is -2.77. The van der Waals surface area contributed by atoms with Gasteiger partial charge in [-0.1, -0.05) is 23.2 Å². The first-order valence-electron chi connectivity index (χ1n) is 7.86. The van der Waals surface area contributed by atoms with Crippen molar-refractivity contribution in [3.8, 4) is 11.5 Å². The molecule has 0 unspecified atom stereocenters. The van der Waals surface area contributed by atoms with E-state index >= 15 is 0 Å². The van der Waals surface area contributed by atoms with Gasteiger partial charge in [-0.2, -0.15) is 5.10 Å². The van der Waals surface area contributed by atoms with Crippen molar-refractivity contribution in [1.29, 1.82) is 0 Å². The Bertz CT molecular complexity index is 900. The molecule has 0 heterocycles. The van der Waals surface area contributed by atoms with Crippen molar-refractivity contribution in [2.75, 3.05) is 5.32 Å². The number of phenols is 2. The number of aromatic hydroxyl groups is 2. The minimum absolute atomic E-state index is 0.0657. The van der Waals surface area contributed by atoms with Gasteiger partial charge in [0, 0.05) is 29.5 Å². The predicted octanol–water partition coefficient (Wildman–Crippen LogP) is 3.66. The van der Waals surface area contributed by atoms with Crippen molar-refractivity contribution in [2.24, 2.45) is 5.10 Å². The van der Waals surface area contributed by atoms with Gasteiger partial charge >= 0.3 is 0 Å². The second-order valence-electron chi connectivity index (χ2n) is 5.61. The fourth-order valence-corrected chi connectivity index (χ4v) is 2.57. The molecule has 2 amide bonds. The summed E-state index contributed by atoms with van der Waals surface area (Å²) in [6.45, 7) is 1.58. The van der Waals surface area contributed by atoms with E-state index in [1.807, 2.05) is 0 Å². The van der Waals surface area contributed by atoms with E-state index < -0.39 is 5.91 Å². The fourth-order valence-electron chi connectivity index (χ4n) is 2.12. The lowest BCUT2D eigenvalue weighted by Gasteiger charge is -2.08. The van der Waals surface area contributed by atoms with Crippen LogP contribution in [0.2, 0.25) is 10.0 Å². The minimum atomic E-state index is -0.468. The number of carbonyl (C=O) groups is 2. The number of nitrogens with one attached hydrogen (secondary N) is 2. The summed E-state index contributed by atoms with van der Waals surface area (Å²) in [6.07, 6.45) is -0.154. The van der Waals surface area contributed by atoms with Crippen LogP contribution < -0.4 is 10.7 Å². The first-order valence-corrected chi connectivity index (χ1v) is 8.62. The van der Waals surface area contributed by atoms with Gasteiger partial charge in [-0.05, 0) is 37.3 Å². The van der Waals surface area contributed by atoms with Crippen LogP contribution in [-0.4, -0.2) is 27.7 Å². The standard InChI is InChI=1S/C18H17Cl2N3O4/c1-10(13-4-3-12(24)9-16(13)25)22-23-18(27)7-6-17(26)21-15-5-2-11(19)8-14(15)20/h2-5,8-9,24-25H,6-7H2,1H3,(H,21,26)(H,23,27)/b22-10+. The molecular formula is C18H17Cl2N3O4. The number of carbonyl (C=O) groups excluding carboxylic acids is 2. The summed E-state index contributed by atoms with van der Waals surface area (Å²) in [5.74, 6) is -1.10. The van der Waals surface area contributed by atoms with E-state index in [9.17, 15) is 19.8 Å². The smallest absolute Gasteiger partial charge is 0.240 e. The topological polar surface area (TPSA) is 111 Å². The molecule has 0 aromatic heterocycles. The number of hydrazone groups is 1. The molecule has 0 saturated carbocycles. The SMILES string of the molecule is C/C(=N\NC(=O)CCC(=O)Nc1ccc(Cl)cc1Cl)c1ccc(O)cc1O. The van der Waals surface area contributed by atoms with Gasteiger partial charge in [-0.15, -0.1) is 0 Å². The lowest BCUT2D eigenvalue weighted by atomic mass is 10.1. The molecule has 0 atom stereocenters. The summed E-state index contributed by atoms with van der Waals surface area (Å²) in [5.41, 5.74) is 3.43. The fraction of sp³-hybridized carbons (Fsp3) is 0.167. The van der Waals surface area contributed by atoms with Crippen LogP contribution in [0.15, 0.2) is 41.5 Å². The molecule has 0 aliphatic rings. The average Bonchev–Trinajstić information content (AvgIpc) is 2.60. The highest BCUT2D eigenvalue weighted by Crippen LogP contribution is 2.25. The molecule has 0 saturated heterocycles. The first kappa shape index (κ1) is 20.5. The van der Waals surface area contributed by atoms with Gasteiger partial charge in [-0.3, -0.25) is 9.59 Å². The maximum Gasteiger partial charge on any atom is 0.240 e. The van der Waals surface area contributed by atoms with E-state index in [0.29, 0.717) is 27.0 Å². The lowest BCUT2D eigenvalue weighted by molar-refractivity contribution is -0.124. The highest BCUT2D eigenvalue weighted by Gasteiger charge is 2.10. The zero-order valence-corrected chi connectivity index (χ0v) is 15.8. The molecule has 7 nitrogen and oxygen atoms in total. The molecule has 2 rings (SSSR count). The summed E-state index contributed by atoms with van der Waals surface area (Å²) >= 11 is 11.8. The minimum Gasteiger partial charge on any atom is -0.508 e. The van der Waals surface area contributed by atoms with Gasteiger partial charge in [0.05, 0.1) is 16.4 Å². The van der Waals surface area contributed by atoms with E-state index in [-0.39, 0.29) is 30.2 Å². The van der Waals surface area contributed by atoms with Gasteiger partial charge in [0.25, 0.3) is 0 Å². The Kier molecular flexibility index (Phi) is 7.04. The average molecular weight is 410 g/mol. The van der Waals surface area contributed by atoms with Crippen molar-refractivity contribution in [2.45, 2.75) is 19.8 Å². The molecule has 4 N–H and O–H groups in total. The molecule has 0 aliphatic heterocycles. The number of benzene rings is 2. The van der Waals surface area contributed by atoms with Crippen LogP contribution in [0, 0.1) is 0 Å². The van der Waals surface area contributed by atoms with Gasteiger partial charge in [-0.25, -0.2) is 5.43 Å². The highest BCUT2D eigenvalue weighted by molar-refractivity contribution is 6.36. The Balaban J connectivity index is 1.85. The van der Waals surface area contributed by atoms with Crippen LogP contribution in [0.3, 0.4) is 0 Å². The molecule has 2 aromatic carbocycles. The Morgan fingerprint density at radius 3 is 2.41 bits per heavy atom. The van der Waals surface area contributed by atoms with Gasteiger partial charge in [0.1, 0.15) is 11.5 Å². The number of rotatable bonds is 6. The number of halogens is 2. The molecular weight excluding hydrogens is 393 g/mol. The number of hydrogen-bond acceptors (Lipinski definition) is 5. The van der Waals surface area contributed by atoms with Gasteiger partial charge < -0.3 is 15.5 Å². The van der Waals surface area contributed by atoms with Crippen molar-refractivity contribution in [1.82, 2.24) is 5.43 Å². The third-order valence-corrected chi connectivity index (χ3v) is 4.05. The molecule has 0 aliphatic carbocycles. The molecule has 0 spiro atoms. The largest absolute Gasteiger partial charge is 0.508 e. The normalized spacial score (nSPS) is 11.1. The van der Waals surface area contributed by atoms with Gasteiger partial charge in [0.2, 0.25) is 11.8 Å². The monoisotopic (exact) mass is 409 g/mol. The van der Waals surface area contributed by atoms with Crippen molar-refractivity contribution in [3.63, 3.8) is 0 Å². The van der Waals surface area contributed by atoms with Crippen molar-refractivity contribution < 1.29 is 19.8 Å². The summed E-state index contributed by atoms with van der Waals surface area (Å²) in [5, 5.41) is 26.3. The van der Waals surface area contributed by atoms with Crippen molar-refractivity contribution >= 4 is 46.4 Å². The Morgan fingerprint density at radius 2 is 1.74 bits per heavy atom. The van der Waals surface area contributed by atoms with Crippen LogP contribution in [0.25, 0.3) is 0 Å². The second-order valence-corrected chi connectivity index (χ2v) is 6.45. The molecule has 0 bridgehead atoms. The zero-order chi connectivity index (χ0) is 20.0. The first-order chi connectivity index (χ1) is 12.8. The maximum absolute atomic E-state index is 11.9. The van der Waals surface area contributed by atoms with E-state index in [1.165, 1.54) is 24.3 Å². The third kappa shape index (κ3) is 6.16. The molecule has 9 heteroatoms. The van der Waals surface area contributed by atoms with Crippen molar-refractivity contribution in [3.05, 3.63) is 52.0 Å². The maximum atomic E-state index is 11.9. The third-order valence-electron chi connectivity index (χ3n) is 3.50. The lowest BCUT2D eigenvalue weighted by Crippen LogP contribution is -2.21. The summed E-state index contributed by atoms with van der Waals surface area (Å²) < 4.78 is 0. The van der Waals surface area contributed by atoms with Gasteiger partial charge in [0.15, 0.2) is 0 Å². The highest BCUT2D eigenvalue weighted by atomic mass is 35.5. The van der Waals surface area contributed by atoms with E-state index in [2.05, 4.69) is 15.8 Å². The number of hydrogen-bond donors (Lipinski definition) is 4. The summed E-state index contributed by atoms with van der Waals surface area (Å²) in [7, 11) is 0. The van der Waals surface area contributed by atoms with Crippen LogP contribution in [-0.2, 0) is 9.59 Å². The summed E-state index contributed by atoms with van der Waals surface area (Å²) in [4.78, 5) is 23.8. The quantitative estimate of drug-likeness (QED) is 0.430. The molecule has 2 aromatic rings. The van der Waals surface area contributed by atoms with Crippen LogP contribution in [0.1, 0.15) is 25.3 Å². The molecule has 27 heavy (non-hydrogen) atoms. The Morgan fingerprint density at radius 1 is 1.04 bits per heavy atom. The predicted molar refractivity (Wildman–Crippen MR) is 104 cm³/mol. The van der Waals surface area contributed by atoms with Crippen LogP contribution in [0.4, 0.5) is 5.69 Å². The van der Waals surface area contributed by atoms with Crippen LogP contribution in [0.5, 0.6) is 11.5 Å². The molecule has 0 radical (unpaired) electrons. The summed E-state index contributed by atoms with van der Waals surface area (Å²) in [6, 6.07) is 8.69. The Labute approximate surface area is 165 Å². The molecule has 0 fully saturated rings. The van der Waals surface area contributed by atoms with Crippen LogP contribution >= 0.6 is 23.2 Å². The number of amides is 2. The number of nitrogens with zero attached hydrogens (tertiary/aromatic N) is 1. The number of anilines is 1. The van der Waals surface area contributed by atoms with E-state index in [0.717, 1.165) is 0 Å². The zero-order valence-electron chi connectivity index (χ0n) is 14.3. The molecule has 142 valence electrons. The second kappa shape index (κ2) is 9.25. The number of phenolic OH excluding ortho intramolecular Hbond substituents is 2.